The highest BCUT2D eigenvalue weighted by Gasteiger charge is 2.00. The summed E-state index contributed by atoms with van der Waals surface area (Å²) in [6.07, 6.45) is 2.90. The van der Waals surface area contributed by atoms with Crippen LogP contribution in [0.3, 0.4) is 0 Å². The Balaban J connectivity index is 0. The Morgan fingerprint density at radius 3 is 2.00 bits per heavy atom. The summed E-state index contributed by atoms with van der Waals surface area (Å²) in [4.78, 5) is 13.6. The molecular weight excluding hydrogens is 186 g/mol. The zero-order valence-corrected chi connectivity index (χ0v) is 10.9. The molecule has 1 N–H and O–H groups in total. The van der Waals surface area contributed by atoms with Gasteiger partial charge in [0.1, 0.15) is 0 Å². The largest absolute Gasteiger partial charge is 0.329 e. The second-order valence-electron chi connectivity index (χ2n) is 3.32. The van der Waals surface area contributed by atoms with Crippen molar-refractivity contribution in [2.24, 2.45) is 0 Å². The average molecular weight is 211 g/mol. The van der Waals surface area contributed by atoms with Crippen LogP contribution in [-0.4, -0.2) is 4.98 Å². The lowest BCUT2D eigenvalue weighted by Gasteiger charge is -2.00. The molecule has 0 fully saturated rings. The van der Waals surface area contributed by atoms with E-state index in [-0.39, 0.29) is 5.56 Å². The molecular formula is C13H25NO. The summed E-state index contributed by atoms with van der Waals surface area (Å²) in [5.41, 5.74) is 0.875. The van der Waals surface area contributed by atoms with E-state index in [4.69, 9.17) is 0 Å². The van der Waals surface area contributed by atoms with Gasteiger partial charge < -0.3 is 4.98 Å². The number of nitrogens with one attached hydrogen (secondary N) is 1. The highest BCUT2D eigenvalue weighted by Crippen LogP contribution is 2.06. The van der Waals surface area contributed by atoms with Crippen molar-refractivity contribution in [3.05, 3.63) is 34.2 Å². The van der Waals surface area contributed by atoms with Crippen LogP contribution in [0.5, 0.6) is 0 Å². The van der Waals surface area contributed by atoms with Crippen molar-refractivity contribution in [3.63, 3.8) is 0 Å². The Labute approximate surface area is 93.7 Å². The molecule has 88 valence electrons. The van der Waals surface area contributed by atoms with Gasteiger partial charge in [0.2, 0.25) is 0 Å². The first-order valence-corrected chi connectivity index (χ1v) is 5.81. The Morgan fingerprint density at radius 1 is 1.27 bits per heavy atom. The minimum Gasteiger partial charge on any atom is -0.329 e. The Morgan fingerprint density at radius 2 is 1.73 bits per heavy atom. The molecule has 0 unspecified atom stereocenters. The van der Waals surface area contributed by atoms with Gasteiger partial charge in [0.05, 0.1) is 0 Å². The zero-order chi connectivity index (χ0) is 12.3. The van der Waals surface area contributed by atoms with Crippen LogP contribution in [0.15, 0.2) is 23.1 Å². The first-order valence-electron chi connectivity index (χ1n) is 5.81. The van der Waals surface area contributed by atoms with Crippen molar-refractivity contribution in [2.45, 2.75) is 53.9 Å². The van der Waals surface area contributed by atoms with Gasteiger partial charge in [-0.25, -0.2) is 0 Å². The lowest BCUT2D eigenvalue weighted by Crippen LogP contribution is -2.11. The molecule has 0 aliphatic carbocycles. The van der Waals surface area contributed by atoms with Crippen LogP contribution in [0.4, 0.5) is 0 Å². The number of H-pyrrole nitrogens is 1. The Kier molecular flexibility index (Phi) is 12.0. The molecule has 0 radical (unpaired) electrons. The van der Waals surface area contributed by atoms with Gasteiger partial charge in [-0.3, -0.25) is 4.79 Å². The number of hydrogen-bond donors (Lipinski definition) is 1. The fraction of sp³-hybridized carbons (Fsp3) is 0.615. The molecule has 15 heavy (non-hydrogen) atoms. The van der Waals surface area contributed by atoms with Crippen LogP contribution in [0.1, 0.15) is 59.4 Å². The van der Waals surface area contributed by atoms with Gasteiger partial charge in [0.25, 0.3) is 5.56 Å². The van der Waals surface area contributed by atoms with Crippen LogP contribution in [-0.2, 0) is 0 Å². The van der Waals surface area contributed by atoms with Crippen LogP contribution in [0.25, 0.3) is 0 Å². The number of aromatic amines is 1. The maximum atomic E-state index is 11.0. The quantitative estimate of drug-likeness (QED) is 0.749. The predicted molar refractivity (Wildman–Crippen MR) is 68.5 cm³/mol. The van der Waals surface area contributed by atoms with E-state index >= 15 is 0 Å². The van der Waals surface area contributed by atoms with Gasteiger partial charge in [0.15, 0.2) is 0 Å². The molecule has 2 heteroatoms. The third kappa shape index (κ3) is 7.98. The summed E-state index contributed by atoms with van der Waals surface area (Å²) < 4.78 is 0. The summed E-state index contributed by atoms with van der Waals surface area (Å²) in [6.45, 7) is 12.3. The topological polar surface area (TPSA) is 32.9 Å². The molecule has 0 atom stereocenters. The van der Waals surface area contributed by atoms with Crippen molar-refractivity contribution in [3.8, 4) is 0 Å². The van der Waals surface area contributed by atoms with Crippen molar-refractivity contribution in [1.29, 1.82) is 0 Å². The van der Waals surface area contributed by atoms with Crippen LogP contribution in [0, 0.1) is 0 Å². The SMILES string of the molecule is CC.CC(C)c1ccc[nH]c1=O.CCC. The van der Waals surface area contributed by atoms with E-state index in [1.54, 1.807) is 6.20 Å². The standard InChI is InChI=1S/C8H11NO.C3H8.C2H6/c1-6(2)7-4-3-5-9-8(7)10;1-3-2;1-2/h3-6H,1-2H3,(H,9,10);3H2,1-2H3;1-2H3. The smallest absolute Gasteiger partial charge is 0.251 e. The molecule has 0 spiro atoms. The molecule has 0 saturated heterocycles. The fourth-order valence-corrected chi connectivity index (χ4v) is 0.889. The van der Waals surface area contributed by atoms with Gasteiger partial charge in [-0.15, -0.1) is 0 Å². The molecule has 1 aromatic heterocycles. The Hall–Kier alpha value is -1.05. The molecule has 1 rings (SSSR count). The highest BCUT2D eigenvalue weighted by atomic mass is 16.1. The lowest BCUT2D eigenvalue weighted by molar-refractivity contribution is 0.844. The van der Waals surface area contributed by atoms with E-state index in [0.717, 1.165) is 5.56 Å². The van der Waals surface area contributed by atoms with Crippen molar-refractivity contribution in [2.75, 3.05) is 0 Å². The van der Waals surface area contributed by atoms with E-state index < -0.39 is 0 Å². The molecule has 0 saturated carbocycles. The molecule has 0 bridgehead atoms. The lowest BCUT2D eigenvalue weighted by atomic mass is 10.1. The second kappa shape index (κ2) is 11.0. The van der Waals surface area contributed by atoms with Crippen molar-refractivity contribution < 1.29 is 0 Å². The first-order chi connectivity index (χ1) is 7.13. The summed E-state index contributed by atoms with van der Waals surface area (Å²) in [5.74, 6) is 0.310. The fourth-order valence-electron chi connectivity index (χ4n) is 0.889. The molecule has 0 aliphatic rings. The van der Waals surface area contributed by atoms with E-state index in [0.29, 0.717) is 5.92 Å². The Bertz CT molecular complexity index is 276. The number of pyridine rings is 1. The van der Waals surface area contributed by atoms with Crippen LogP contribution < -0.4 is 5.56 Å². The summed E-state index contributed by atoms with van der Waals surface area (Å²) in [5, 5.41) is 0. The van der Waals surface area contributed by atoms with E-state index in [1.807, 2.05) is 39.8 Å². The minimum atomic E-state index is 0.0255. The predicted octanol–water partition coefficient (Wildman–Crippen LogP) is 3.94. The number of aromatic nitrogens is 1. The molecule has 2 nitrogen and oxygen atoms in total. The second-order valence-corrected chi connectivity index (χ2v) is 3.32. The molecule has 0 amide bonds. The average Bonchev–Trinajstić information content (AvgIpc) is 2.22. The maximum absolute atomic E-state index is 11.0. The zero-order valence-electron chi connectivity index (χ0n) is 10.9. The third-order valence-electron chi connectivity index (χ3n) is 1.47. The summed E-state index contributed by atoms with van der Waals surface area (Å²) >= 11 is 0. The molecule has 1 heterocycles. The van der Waals surface area contributed by atoms with Gasteiger partial charge in [0, 0.05) is 11.8 Å². The van der Waals surface area contributed by atoms with E-state index in [2.05, 4.69) is 18.8 Å². The van der Waals surface area contributed by atoms with Crippen molar-refractivity contribution >= 4 is 0 Å². The van der Waals surface area contributed by atoms with Gasteiger partial charge >= 0.3 is 0 Å². The van der Waals surface area contributed by atoms with E-state index in [9.17, 15) is 4.79 Å². The van der Waals surface area contributed by atoms with Gasteiger partial charge in [-0.1, -0.05) is 54.0 Å². The summed E-state index contributed by atoms with van der Waals surface area (Å²) in [6, 6.07) is 3.69. The number of rotatable bonds is 1. The third-order valence-corrected chi connectivity index (χ3v) is 1.47. The maximum Gasteiger partial charge on any atom is 0.251 e. The van der Waals surface area contributed by atoms with Gasteiger partial charge in [-0.05, 0) is 12.0 Å². The normalized spacial score (nSPS) is 8.47. The molecule has 0 aliphatic heterocycles. The highest BCUT2D eigenvalue weighted by molar-refractivity contribution is 5.12. The molecule has 0 aromatic carbocycles. The number of hydrogen-bond acceptors (Lipinski definition) is 1. The van der Waals surface area contributed by atoms with Crippen LogP contribution in [0.2, 0.25) is 0 Å². The van der Waals surface area contributed by atoms with Crippen molar-refractivity contribution in [1.82, 2.24) is 4.98 Å². The molecule has 1 aromatic rings. The first kappa shape index (κ1) is 16.4. The van der Waals surface area contributed by atoms with E-state index in [1.165, 1.54) is 6.42 Å². The van der Waals surface area contributed by atoms with Gasteiger partial charge in [-0.2, -0.15) is 0 Å². The minimum absolute atomic E-state index is 0.0255. The summed E-state index contributed by atoms with van der Waals surface area (Å²) in [7, 11) is 0. The van der Waals surface area contributed by atoms with Crippen LogP contribution >= 0.6 is 0 Å². The monoisotopic (exact) mass is 211 g/mol.